The number of carbonyl (C=O) groups is 1. The summed E-state index contributed by atoms with van der Waals surface area (Å²) >= 11 is 1.57. The number of anilines is 1. The largest absolute Gasteiger partial charge is 0.301 e. The van der Waals surface area contributed by atoms with Gasteiger partial charge in [0.25, 0.3) is 0 Å². The lowest BCUT2D eigenvalue weighted by atomic mass is 9.84. The molecule has 1 N–H and O–H groups in total. The normalized spacial score (nSPS) is 15.6. The molecule has 0 aliphatic heterocycles. The number of amides is 1. The zero-order chi connectivity index (χ0) is 18.5. The molecule has 1 aliphatic carbocycles. The molecule has 1 amide bonds. The summed E-state index contributed by atoms with van der Waals surface area (Å²) in [5.41, 5.74) is 2.37. The van der Waals surface area contributed by atoms with Gasteiger partial charge >= 0.3 is 0 Å². The maximum atomic E-state index is 13.1. The predicted molar refractivity (Wildman–Crippen MR) is 111 cm³/mol. The van der Waals surface area contributed by atoms with E-state index in [0.717, 1.165) is 29.7 Å². The van der Waals surface area contributed by atoms with Crippen LogP contribution in [0.5, 0.6) is 0 Å². The van der Waals surface area contributed by atoms with E-state index < -0.39 is 0 Å². The van der Waals surface area contributed by atoms with Crippen LogP contribution < -0.4 is 5.32 Å². The SMILES string of the molecule is O=C(Nc1ncc(Cc2ccccc2)s1)C(c1ccccc1)C1CCCC1. The van der Waals surface area contributed by atoms with Crippen LogP contribution in [0.2, 0.25) is 0 Å². The van der Waals surface area contributed by atoms with Crippen molar-refractivity contribution in [3.63, 3.8) is 0 Å². The van der Waals surface area contributed by atoms with E-state index >= 15 is 0 Å². The molecule has 1 atom stereocenters. The van der Waals surface area contributed by atoms with E-state index in [1.54, 1.807) is 11.3 Å². The van der Waals surface area contributed by atoms with Crippen molar-refractivity contribution in [3.8, 4) is 0 Å². The van der Waals surface area contributed by atoms with Crippen molar-refractivity contribution in [2.24, 2.45) is 5.92 Å². The second kappa shape index (κ2) is 8.49. The van der Waals surface area contributed by atoms with Gasteiger partial charge in [-0.3, -0.25) is 4.79 Å². The molecule has 3 aromatic rings. The summed E-state index contributed by atoms with van der Waals surface area (Å²) in [4.78, 5) is 18.7. The van der Waals surface area contributed by atoms with Crippen LogP contribution in [0.15, 0.2) is 66.9 Å². The van der Waals surface area contributed by atoms with Crippen LogP contribution in [0.1, 0.15) is 47.6 Å². The molecule has 1 aliphatic rings. The number of hydrogen-bond acceptors (Lipinski definition) is 3. The summed E-state index contributed by atoms with van der Waals surface area (Å²) in [6.07, 6.45) is 7.42. The van der Waals surface area contributed by atoms with Gasteiger partial charge < -0.3 is 5.32 Å². The lowest BCUT2D eigenvalue weighted by Gasteiger charge is -2.22. The number of nitrogens with one attached hydrogen (secondary N) is 1. The molecule has 1 saturated carbocycles. The molecule has 1 fully saturated rings. The fourth-order valence-electron chi connectivity index (χ4n) is 4.02. The van der Waals surface area contributed by atoms with E-state index in [9.17, 15) is 4.79 Å². The van der Waals surface area contributed by atoms with E-state index in [2.05, 4.69) is 34.6 Å². The highest BCUT2D eigenvalue weighted by Gasteiger charge is 2.32. The Labute approximate surface area is 164 Å². The summed E-state index contributed by atoms with van der Waals surface area (Å²) in [6.45, 7) is 0. The Balaban J connectivity index is 1.48. The Morgan fingerprint density at radius 3 is 2.41 bits per heavy atom. The highest BCUT2D eigenvalue weighted by Crippen LogP contribution is 2.38. The molecule has 4 heteroatoms. The third-order valence-corrected chi connectivity index (χ3v) is 6.23. The molecule has 1 aromatic heterocycles. The standard InChI is InChI=1S/C23H24N2OS/c26-22(21(19-13-7-8-14-19)18-11-5-2-6-12-18)25-23-24-16-20(27-23)15-17-9-3-1-4-10-17/h1-6,9-12,16,19,21H,7-8,13-15H2,(H,24,25,26). The molecule has 0 saturated heterocycles. The fourth-order valence-corrected chi connectivity index (χ4v) is 4.87. The minimum Gasteiger partial charge on any atom is -0.301 e. The zero-order valence-corrected chi connectivity index (χ0v) is 16.1. The number of benzene rings is 2. The van der Waals surface area contributed by atoms with Crippen LogP contribution in [0.4, 0.5) is 5.13 Å². The molecule has 1 heterocycles. The van der Waals surface area contributed by atoms with Crippen molar-refractivity contribution in [2.45, 2.75) is 38.0 Å². The van der Waals surface area contributed by atoms with Gasteiger partial charge in [-0.25, -0.2) is 4.98 Å². The summed E-state index contributed by atoms with van der Waals surface area (Å²) < 4.78 is 0. The summed E-state index contributed by atoms with van der Waals surface area (Å²) in [5.74, 6) is 0.417. The van der Waals surface area contributed by atoms with Crippen LogP contribution >= 0.6 is 11.3 Å². The lowest BCUT2D eigenvalue weighted by Crippen LogP contribution is -2.26. The predicted octanol–water partition coefficient (Wildman–Crippen LogP) is 5.65. The average molecular weight is 377 g/mol. The van der Waals surface area contributed by atoms with Gasteiger partial charge in [0.05, 0.1) is 5.92 Å². The Morgan fingerprint density at radius 2 is 1.70 bits per heavy atom. The van der Waals surface area contributed by atoms with Gasteiger partial charge in [0, 0.05) is 17.5 Å². The van der Waals surface area contributed by atoms with Gasteiger partial charge in [-0.05, 0) is 29.9 Å². The van der Waals surface area contributed by atoms with Crippen molar-refractivity contribution in [1.82, 2.24) is 4.98 Å². The average Bonchev–Trinajstić information content (AvgIpc) is 3.36. The van der Waals surface area contributed by atoms with E-state index in [-0.39, 0.29) is 11.8 Å². The molecule has 1 unspecified atom stereocenters. The minimum absolute atomic E-state index is 0.0775. The maximum Gasteiger partial charge on any atom is 0.233 e. The van der Waals surface area contributed by atoms with Crippen LogP contribution in [0.25, 0.3) is 0 Å². The number of aromatic nitrogens is 1. The topological polar surface area (TPSA) is 42.0 Å². The summed E-state index contributed by atoms with van der Waals surface area (Å²) in [7, 11) is 0. The van der Waals surface area contributed by atoms with Gasteiger partial charge in [0.2, 0.25) is 5.91 Å². The van der Waals surface area contributed by atoms with Gasteiger partial charge in [-0.2, -0.15) is 0 Å². The zero-order valence-electron chi connectivity index (χ0n) is 15.3. The number of nitrogens with zero attached hydrogens (tertiary/aromatic N) is 1. The molecule has 3 nitrogen and oxygen atoms in total. The van der Waals surface area contributed by atoms with Gasteiger partial charge in [-0.1, -0.05) is 73.5 Å². The van der Waals surface area contributed by atoms with Crippen LogP contribution in [0, 0.1) is 5.92 Å². The lowest BCUT2D eigenvalue weighted by molar-refractivity contribution is -0.118. The van der Waals surface area contributed by atoms with Gasteiger partial charge in [-0.15, -0.1) is 11.3 Å². The Hall–Kier alpha value is -2.46. The quantitative estimate of drug-likeness (QED) is 0.604. The monoisotopic (exact) mass is 376 g/mol. The van der Waals surface area contributed by atoms with Gasteiger partial charge in [0.1, 0.15) is 0 Å². The van der Waals surface area contributed by atoms with Crippen molar-refractivity contribution in [3.05, 3.63) is 82.9 Å². The molecule has 0 spiro atoms. The van der Waals surface area contributed by atoms with E-state index in [4.69, 9.17) is 0 Å². The van der Waals surface area contributed by atoms with Crippen LogP contribution in [-0.4, -0.2) is 10.9 Å². The van der Waals surface area contributed by atoms with Crippen LogP contribution in [-0.2, 0) is 11.2 Å². The van der Waals surface area contributed by atoms with E-state index in [1.807, 2.05) is 42.6 Å². The fraction of sp³-hybridized carbons (Fsp3) is 0.304. The third-order valence-electron chi connectivity index (χ3n) is 5.32. The van der Waals surface area contributed by atoms with E-state index in [1.165, 1.54) is 18.4 Å². The first-order chi connectivity index (χ1) is 13.3. The molecule has 4 rings (SSSR count). The second-order valence-corrected chi connectivity index (χ2v) is 8.33. The number of thiazole rings is 1. The summed E-state index contributed by atoms with van der Waals surface area (Å²) in [5, 5.41) is 3.79. The molecular weight excluding hydrogens is 352 g/mol. The number of hydrogen-bond donors (Lipinski definition) is 1. The Bertz CT molecular complexity index is 870. The van der Waals surface area contributed by atoms with Crippen molar-refractivity contribution in [2.75, 3.05) is 5.32 Å². The van der Waals surface area contributed by atoms with Crippen LogP contribution in [0.3, 0.4) is 0 Å². The van der Waals surface area contributed by atoms with Crippen molar-refractivity contribution in [1.29, 1.82) is 0 Å². The molecule has 138 valence electrons. The molecule has 27 heavy (non-hydrogen) atoms. The highest BCUT2D eigenvalue weighted by atomic mass is 32.1. The molecule has 0 radical (unpaired) electrons. The Kier molecular flexibility index (Phi) is 5.64. The van der Waals surface area contributed by atoms with E-state index in [0.29, 0.717) is 11.0 Å². The highest BCUT2D eigenvalue weighted by molar-refractivity contribution is 7.15. The minimum atomic E-state index is -0.0878. The third kappa shape index (κ3) is 4.45. The Morgan fingerprint density at radius 1 is 1.04 bits per heavy atom. The first-order valence-electron chi connectivity index (χ1n) is 9.64. The molecule has 0 bridgehead atoms. The van der Waals surface area contributed by atoms with Crippen molar-refractivity contribution < 1.29 is 4.79 Å². The number of rotatable bonds is 6. The number of carbonyl (C=O) groups excluding carboxylic acids is 1. The second-order valence-electron chi connectivity index (χ2n) is 7.22. The molecular formula is C23H24N2OS. The first-order valence-corrected chi connectivity index (χ1v) is 10.5. The van der Waals surface area contributed by atoms with Gasteiger partial charge in [0.15, 0.2) is 5.13 Å². The first kappa shape index (κ1) is 17.9. The van der Waals surface area contributed by atoms with Crippen molar-refractivity contribution >= 4 is 22.4 Å². The smallest absolute Gasteiger partial charge is 0.233 e. The molecule has 2 aromatic carbocycles. The summed E-state index contributed by atoms with van der Waals surface area (Å²) in [6, 6.07) is 20.5. The maximum absolute atomic E-state index is 13.1.